The number of ether oxygens (including phenoxy) is 1. The Morgan fingerprint density at radius 3 is 2.78 bits per heavy atom. The van der Waals surface area contributed by atoms with E-state index in [1.807, 2.05) is 6.92 Å². The van der Waals surface area contributed by atoms with Crippen molar-refractivity contribution in [3.8, 4) is 0 Å². The zero-order valence-electron chi connectivity index (χ0n) is 11.6. The molecule has 104 valence electrons. The van der Waals surface area contributed by atoms with Gasteiger partial charge in [-0.15, -0.1) is 10.2 Å². The largest absolute Gasteiger partial charge is 0.381 e. The molecule has 0 radical (unpaired) electrons. The fourth-order valence-corrected chi connectivity index (χ4v) is 2.33. The Kier molecular flexibility index (Phi) is 7.31. The summed E-state index contributed by atoms with van der Waals surface area (Å²) in [5.41, 5.74) is 5.57. The van der Waals surface area contributed by atoms with Gasteiger partial charge in [-0.05, 0) is 19.3 Å². The molecule has 2 N–H and O–H groups in total. The predicted molar refractivity (Wildman–Crippen MR) is 74.8 cm³/mol. The highest BCUT2D eigenvalue weighted by atomic mass is 32.2. The van der Waals surface area contributed by atoms with Crippen LogP contribution in [0.15, 0.2) is 5.16 Å². The van der Waals surface area contributed by atoms with E-state index < -0.39 is 0 Å². The highest BCUT2D eigenvalue weighted by molar-refractivity contribution is 7.99. The Hall–Kier alpha value is -0.590. The van der Waals surface area contributed by atoms with Crippen molar-refractivity contribution in [3.05, 3.63) is 5.82 Å². The van der Waals surface area contributed by atoms with Gasteiger partial charge in [0.05, 0.1) is 6.61 Å². The molecule has 18 heavy (non-hydrogen) atoms. The van der Waals surface area contributed by atoms with Gasteiger partial charge in [0.15, 0.2) is 5.16 Å². The highest BCUT2D eigenvalue weighted by Gasteiger charge is 2.08. The maximum atomic E-state index is 5.57. The summed E-state index contributed by atoms with van der Waals surface area (Å²) in [7, 11) is 0. The molecule has 0 aliphatic heterocycles. The van der Waals surface area contributed by atoms with Crippen molar-refractivity contribution in [1.82, 2.24) is 14.8 Å². The number of nitrogens with zero attached hydrogens (tertiary/aromatic N) is 3. The lowest BCUT2D eigenvalue weighted by atomic mass is 10.1. The van der Waals surface area contributed by atoms with Crippen LogP contribution in [0.25, 0.3) is 0 Å². The van der Waals surface area contributed by atoms with E-state index in [0.29, 0.717) is 12.5 Å². The summed E-state index contributed by atoms with van der Waals surface area (Å²) in [6, 6.07) is 0. The van der Waals surface area contributed by atoms with Crippen LogP contribution in [0.4, 0.5) is 0 Å². The number of aryl methyl sites for hydroxylation is 1. The first-order chi connectivity index (χ1) is 8.65. The third-order valence-electron chi connectivity index (χ3n) is 2.55. The van der Waals surface area contributed by atoms with Crippen LogP contribution in [0.2, 0.25) is 0 Å². The molecule has 0 saturated heterocycles. The molecular formula is C12H24N4OS. The second kappa shape index (κ2) is 8.50. The summed E-state index contributed by atoms with van der Waals surface area (Å²) in [5.74, 6) is 2.53. The van der Waals surface area contributed by atoms with Crippen LogP contribution in [0.5, 0.6) is 0 Å². The standard InChI is InChI=1S/C12H24N4OS/c1-10(2)4-7-17-8-9-18-12-15-14-11(3)16(12)6-5-13/h10H,4-9,13H2,1-3H3. The van der Waals surface area contributed by atoms with Gasteiger partial charge < -0.3 is 15.0 Å². The molecule has 6 heteroatoms. The van der Waals surface area contributed by atoms with Crippen LogP contribution in [-0.2, 0) is 11.3 Å². The van der Waals surface area contributed by atoms with Crippen LogP contribution in [-0.4, -0.2) is 40.3 Å². The summed E-state index contributed by atoms with van der Waals surface area (Å²) in [6.45, 7) is 9.34. The van der Waals surface area contributed by atoms with Gasteiger partial charge in [0.2, 0.25) is 0 Å². The van der Waals surface area contributed by atoms with Crippen molar-refractivity contribution < 1.29 is 4.74 Å². The Labute approximate surface area is 113 Å². The minimum absolute atomic E-state index is 0.608. The van der Waals surface area contributed by atoms with Gasteiger partial charge in [-0.1, -0.05) is 25.6 Å². The summed E-state index contributed by atoms with van der Waals surface area (Å²) in [4.78, 5) is 0. The number of hydrogen-bond donors (Lipinski definition) is 1. The van der Waals surface area contributed by atoms with Crippen LogP contribution in [0.3, 0.4) is 0 Å². The van der Waals surface area contributed by atoms with E-state index in [2.05, 4.69) is 28.6 Å². The van der Waals surface area contributed by atoms with E-state index in [-0.39, 0.29) is 0 Å². The molecule has 0 aromatic carbocycles. The predicted octanol–water partition coefficient (Wildman–Crippen LogP) is 1.70. The molecule has 1 aromatic heterocycles. The van der Waals surface area contributed by atoms with E-state index in [1.54, 1.807) is 11.8 Å². The van der Waals surface area contributed by atoms with Gasteiger partial charge in [0, 0.05) is 25.4 Å². The molecule has 0 aliphatic rings. The van der Waals surface area contributed by atoms with E-state index in [1.165, 1.54) is 0 Å². The molecule has 5 nitrogen and oxygen atoms in total. The van der Waals surface area contributed by atoms with Crippen LogP contribution in [0, 0.1) is 12.8 Å². The zero-order chi connectivity index (χ0) is 13.4. The highest BCUT2D eigenvalue weighted by Crippen LogP contribution is 2.16. The molecule has 1 rings (SSSR count). The average molecular weight is 272 g/mol. The smallest absolute Gasteiger partial charge is 0.191 e. The van der Waals surface area contributed by atoms with Crippen molar-refractivity contribution in [2.24, 2.45) is 11.7 Å². The number of hydrogen-bond acceptors (Lipinski definition) is 5. The number of rotatable bonds is 9. The third kappa shape index (κ3) is 5.37. The summed E-state index contributed by atoms with van der Waals surface area (Å²) < 4.78 is 7.62. The average Bonchev–Trinajstić information content (AvgIpc) is 2.66. The molecule has 1 heterocycles. The first-order valence-electron chi connectivity index (χ1n) is 6.45. The lowest BCUT2D eigenvalue weighted by molar-refractivity contribution is 0.138. The lowest BCUT2D eigenvalue weighted by Gasteiger charge is -2.07. The Bertz CT molecular complexity index is 341. The number of thioether (sulfide) groups is 1. The monoisotopic (exact) mass is 272 g/mol. The maximum absolute atomic E-state index is 5.57. The first-order valence-corrected chi connectivity index (χ1v) is 7.44. The van der Waals surface area contributed by atoms with Gasteiger partial charge in [-0.3, -0.25) is 0 Å². The van der Waals surface area contributed by atoms with Crippen molar-refractivity contribution in [3.63, 3.8) is 0 Å². The fourth-order valence-electron chi connectivity index (χ4n) is 1.47. The minimum Gasteiger partial charge on any atom is -0.381 e. The van der Waals surface area contributed by atoms with E-state index in [9.17, 15) is 0 Å². The SMILES string of the molecule is Cc1nnc(SCCOCCC(C)C)n1CCN. The van der Waals surface area contributed by atoms with Crippen LogP contribution >= 0.6 is 11.8 Å². The van der Waals surface area contributed by atoms with Crippen molar-refractivity contribution in [2.45, 2.75) is 38.9 Å². The summed E-state index contributed by atoms with van der Waals surface area (Å²) >= 11 is 1.68. The molecule has 0 bridgehead atoms. The van der Waals surface area contributed by atoms with Gasteiger partial charge in [0.1, 0.15) is 5.82 Å². The van der Waals surface area contributed by atoms with E-state index in [4.69, 9.17) is 10.5 Å². The fraction of sp³-hybridized carbons (Fsp3) is 0.833. The normalized spacial score (nSPS) is 11.4. The molecule has 1 aromatic rings. The van der Waals surface area contributed by atoms with E-state index in [0.717, 1.165) is 42.9 Å². The number of nitrogens with two attached hydrogens (primary N) is 1. The maximum Gasteiger partial charge on any atom is 0.191 e. The quantitative estimate of drug-likeness (QED) is 0.547. The molecule has 0 amide bonds. The summed E-state index contributed by atoms with van der Waals surface area (Å²) in [6.07, 6.45) is 1.12. The number of aromatic nitrogens is 3. The third-order valence-corrected chi connectivity index (χ3v) is 3.48. The van der Waals surface area contributed by atoms with Gasteiger partial charge in [-0.2, -0.15) is 0 Å². The van der Waals surface area contributed by atoms with Crippen molar-refractivity contribution in [2.75, 3.05) is 25.5 Å². The topological polar surface area (TPSA) is 66.0 Å². The Morgan fingerprint density at radius 1 is 1.33 bits per heavy atom. The minimum atomic E-state index is 0.608. The Morgan fingerprint density at radius 2 is 2.11 bits per heavy atom. The molecule has 0 fully saturated rings. The van der Waals surface area contributed by atoms with Crippen LogP contribution < -0.4 is 5.73 Å². The molecule has 0 aliphatic carbocycles. The molecule has 0 spiro atoms. The van der Waals surface area contributed by atoms with Crippen LogP contribution in [0.1, 0.15) is 26.1 Å². The second-order valence-corrected chi connectivity index (χ2v) is 5.68. The van der Waals surface area contributed by atoms with Crippen molar-refractivity contribution in [1.29, 1.82) is 0 Å². The first kappa shape index (κ1) is 15.5. The zero-order valence-corrected chi connectivity index (χ0v) is 12.4. The lowest BCUT2D eigenvalue weighted by Crippen LogP contribution is -2.12. The van der Waals surface area contributed by atoms with Gasteiger partial charge in [0.25, 0.3) is 0 Å². The molecule has 0 atom stereocenters. The molecule has 0 saturated carbocycles. The summed E-state index contributed by atoms with van der Waals surface area (Å²) in [5, 5.41) is 9.15. The van der Waals surface area contributed by atoms with Gasteiger partial charge in [-0.25, -0.2) is 0 Å². The van der Waals surface area contributed by atoms with Crippen molar-refractivity contribution >= 4 is 11.8 Å². The van der Waals surface area contributed by atoms with E-state index >= 15 is 0 Å². The molecular weight excluding hydrogens is 248 g/mol. The van der Waals surface area contributed by atoms with Gasteiger partial charge >= 0.3 is 0 Å². The Balaban J connectivity index is 2.22. The second-order valence-electron chi connectivity index (χ2n) is 4.61. The molecule has 0 unspecified atom stereocenters.